The van der Waals surface area contributed by atoms with Gasteiger partial charge in [0.25, 0.3) is 5.91 Å². The summed E-state index contributed by atoms with van der Waals surface area (Å²) in [5.74, 6) is -1.97. The summed E-state index contributed by atoms with van der Waals surface area (Å²) in [6, 6.07) is 12.3. The number of nitrogens with zero attached hydrogens (tertiary/aromatic N) is 1. The zero-order valence-electron chi connectivity index (χ0n) is 16.2. The molecular weight excluding hydrogens is 374 g/mol. The molecule has 2 amide bonds. The Bertz CT molecular complexity index is 960. The maximum atomic E-state index is 12.8. The Kier molecular flexibility index (Phi) is 5.97. The monoisotopic (exact) mass is 395 g/mol. The van der Waals surface area contributed by atoms with Crippen molar-refractivity contribution in [2.24, 2.45) is 0 Å². The Morgan fingerprint density at radius 2 is 1.66 bits per heavy atom. The molecule has 0 saturated carbocycles. The molecule has 1 aliphatic heterocycles. The average Bonchev–Trinajstić information content (AvgIpc) is 2.96. The van der Waals surface area contributed by atoms with Crippen LogP contribution >= 0.6 is 0 Å². The second-order valence-corrected chi connectivity index (χ2v) is 6.43. The van der Waals surface area contributed by atoms with Gasteiger partial charge in [0.2, 0.25) is 0 Å². The molecule has 0 radical (unpaired) electrons. The van der Waals surface area contributed by atoms with Crippen LogP contribution in [-0.2, 0) is 14.3 Å². The first-order valence-electron chi connectivity index (χ1n) is 9.21. The second kappa shape index (κ2) is 8.60. The SMILES string of the molecule is CCCCOC(=O)c1ccc(N2C(=O)C(O)=C(c3ccc(OC)cc3)C2=O)cc1. The lowest BCUT2D eigenvalue weighted by molar-refractivity contribution is -0.121. The van der Waals surface area contributed by atoms with Gasteiger partial charge in [0.15, 0.2) is 5.76 Å². The first kappa shape index (κ1) is 20.1. The molecule has 150 valence electrons. The molecule has 1 heterocycles. The van der Waals surface area contributed by atoms with Crippen molar-refractivity contribution in [2.45, 2.75) is 19.8 Å². The maximum absolute atomic E-state index is 12.8. The third-order valence-electron chi connectivity index (χ3n) is 4.53. The largest absolute Gasteiger partial charge is 0.502 e. The predicted octanol–water partition coefficient (Wildman–Crippen LogP) is 3.49. The molecule has 0 fully saturated rings. The lowest BCUT2D eigenvalue weighted by Gasteiger charge is -2.15. The molecule has 0 unspecified atom stereocenters. The highest BCUT2D eigenvalue weighted by molar-refractivity contribution is 6.44. The Balaban J connectivity index is 1.80. The van der Waals surface area contributed by atoms with Crippen LogP contribution in [0.2, 0.25) is 0 Å². The van der Waals surface area contributed by atoms with E-state index < -0.39 is 23.5 Å². The Morgan fingerprint density at radius 1 is 1.00 bits per heavy atom. The Labute approximate surface area is 168 Å². The molecule has 1 aliphatic rings. The van der Waals surface area contributed by atoms with E-state index in [9.17, 15) is 19.5 Å². The minimum absolute atomic E-state index is 0.0827. The van der Waals surface area contributed by atoms with Crippen LogP contribution in [0.4, 0.5) is 5.69 Å². The lowest BCUT2D eigenvalue weighted by Crippen LogP contribution is -2.31. The van der Waals surface area contributed by atoms with E-state index in [4.69, 9.17) is 9.47 Å². The number of rotatable bonds is 7. The zero-order chi connectivity index (χ0) is 21.0. The van der Waals surface area contributed by atoms with Crippen molar-refractivity contribution in [3.8, 4) is 5.75 Å². The molecule has 3 rings (SSSR count). The van der Waals surface area contributed by atoms with E-state index in [1.54, 1.807) is 24.3 Å². The van der Waals surface area contributed by atoms with Crippen LogP contribution in [0.25, 0.3) is 5.57 Å². The number of methoxy groups -OCH3 is 1. The van der Waals surface area contributed by atoms with Gasteiger partial charge in [0.05, 0.1) is 30.5 Å². The molecule has 7 heteroatoms. The molecule has 1 N–H and O–H groups in total. The van der Waals surface area contributed by atoms with Crippen LogP contribution in [0, 0.1) is 0 Å². The minimum atomic E-state index is -0.820. The van der Waals surface area contributed by atoms with Crippen molar-refractivity contribution in [3.05, 3.63) is 65.4 Å². The lowest BCUT2D eigenvalue weighted by atomic mass is 10.1. The van der Waals surface area contributed by atoms with Gasteiger partial charge in [-0.25, -0.2) is 9.69 Å². The van der Waals surface area contributed by atoms with Gasteiger partial charge in [-0.15, -0.1) is 0 Å². The third-order valence-corrected chi connectivity index (χ3v) is 4.53. The van der Waals surface area contributed by atoms with Gasteiger partial charge in [0.1, 0.15) is 5.75 Å². The first-order chi connectivity index (χ1) is 14.0. The average molecular weight is 395 g/mol. The molecule has 2 aromatic carbocycles. The van der Waals surface area contributed by atoms with Crippen molar-refractivity contribution in [1.29, 1.82) is 0 Å². The number of anilines is 1. The number of esters is 1. The van der Waals surface area contributed by atoms with Crippen LogP contribution in [0.5, 0.6) is 5.75 Å². The maximum Gasteiger partial charge on any atom is 0.338 e. The summed E-state index contributed by atoms with van der Waals surface area (Å²) in [6.45, 7) is 2.33. The number of hydrogen-bond acceptors (Lipinski definition) is 6. The number of carbonyl (C=O) groups excluding carboxylic acids is 3. The highest BCUT2D eigenvalue weighted by Crippen LogP contribution is 2.32. The van der Waals surface area contributed by atoms with Crippen LogP contribution in [-0.4, -0.2) is 36.6 Å². The van der Waals surface area contributed by atoms with E-state index in [1.165, 1.54) is 31.4 Å². The number of aliphatic hydroxyl groups excluding tert-OH is 1. The number of unbranched alkanes of at least 4 members (excludes halogenated alkanes) is 1. The normalized spacial score (nSPS) is 13.8. The number of imide groups is 1. The number of hydrogen-bond donors (Lipinski definition) is 1. The van der Waals surface area contributed by atoms with Gasteiger partial charge in [-0.1, -0.05) is 25.5 Å². The summed E-state index contributed by atoms with van der Waals surface area (Å²) in [7, 11) is 1.51. The van der Waals surface area contributed by atoms with E-state index in [0.29, 0.717) is 23.5 Å². The summed E-state index contributed by atoms with van der Waals surface area (Å²) in [5.41, 5.74) is 0.887. The topological polar surface area (TPSA) is 93.1 Å². The molecule has 29 heavy (non-hydrogen) atoms. The first-order valence-corrected chi connectivity index (χ1v) is 9.21. The van der Waals surface area contributed by atoms with E-state index in [1.807, 2.05) is 6.92 Å². The summed E-state index contributed by atoms with van der Waals surface area (Å²) >= 11 is 0. The van der Waals surface area contributed by atoms with Gasteiger partial charge in [-0.05, 0) is 48.4 Å². The highest BCUT2D eigenvalue weighted by atomic mass is 16.5. The Morgan fingerprint density at radius 3 is 2.24 bits per heavy atom. The van der Waals surface area contributed by atoms with Crippen LogP contribution in [0.1, 0.15) is 35.7 Å². The molecule has 0 atom stereocenters. The van der Waals surface area contributed by atoms with Gasteiger partial charge in [-0.3, -0.25) is 9.59 Å². The molecule has 0 spiro atoms. The third kappa shape index (κ3) is 3.99. The van der Waals surface area contributed by atoms with E-state index >= 15 is 0 Å². The van der Waals surface area contributed by atoms with Crippen LogP contribution in [0.15, 0.2) is 54.3 Å². The number of aliphatic hydroxyl groups is 1. The molecular formula is C22H21NO6. The van der Waals surface area contributed by atoms with E-state index in [0.717, 1.165) is 17.7 Å². The predicted molar refractivity (Wildman–Crippen MR) is 107 cm³/mol. The molecule has 2 aromatic rings. The van der Waals surface area contributed by atoms with Crippen LogP contribution in [0.3, 0.4) is 0 Å². The van der Waals surface area contributed by atoms with Gasteiger partial charge in [0, 0.05) is 0 Å². The van der Waals surface area contributed by atoms with E-state index in [2.05, 4.69) is 0 Å². The summed E-state index contributed by atoms with van der Waals surface area (Å²) in [4.78, 5) is 38.2. The van der Waals surface area contributed by atoms with Crippen molar-refractivity contribution in [2.75, 3.05) is 18.6 Å². The fraction of sp³-hybridized carbons (Fsp3) is 0.227. The van der Waals surface area contributed by atoms with Gasteiger partial charge < -0.3 is 14.6 Å². The van der Waals surface area contributed by atoms with Crippen molar-refractivity contribution in [1.82, 2.24) is 0 Å². The zero-order valence-corrected chi connectivity index (χ0v) is 16.2. The number of benzene rings is 2. The van der Waals surface area contributed by atoms with Crippen molar-refractivity contribution >= 4 is 29.0 Å². The second-order valence-electron chi connectivity index (χ2n) is 6.43. The Hall–Kier alpha value is -3.61. The molecule has 0 bridgehead atoms. The van der Waals surface area contributed by atoms with Crippen molar-refractivity contribution < 1.29 is 29.0 Å². The molecule has 0 aliphatic carbocycles. The molecule has 7 nitrogen and oxygen atoms in total. The quantitative estimate of drug-likeness (QED) is 0.438. The minimum Gasteiger partial charge on any atom is -0.502 e. The highest BCUT2D eigenvalue weighted by Gasteiger charge is 2.40. The number of ether oxygens (including phenoxy) is 2. The standard InChI is InChI=1S/C22H21NO6/c1-3-4-13-29-22(27)15-5-9-16(10-6-15)23-20(25)18(19(24)21(23)26)14-7-11-17(28-2)12-8-14/h5-12,24H,3-4,13H2,1-2H3. The number of carbonyl (C=O) groups is 3. The smallest absolute Gasteiger partial charge is 0.338 e. The number of amides is 2. The van der Waals surface area contributed by atoms with E-state index in [-0.39, 0.29) is 11.3 Å². The fourth-order valence-electron chi connectivity index (χ4n) is 2.91. The molecule has 0 saturated heterocycles. The molecule has 0 aromatic heterocycles. The fourth-order valence-corrected chi connectivity index (χ4v) is 2.91. The van der Waals surface area contributed by atoms with Gasteiger partial charge >= 0.3 is 11.9 Å². The summed E-state index contributed by atoms with van der Waals surface area (Å²) in [5, 5.41) is 10.3. The van der Waals surface area contributed by atoms with Gasteiger partial charge in [-0.2, -0.15) is 0 Å². The van der Waals surface area contributed by atoms with Crippen molar-refractivity contribution in [3.63, 3.8) is 0 Å². The summed E-state index contributed by atoms with van der Waals surface area (Å²) in [6.07, 6.45) is 1.69. The van der Waals surface area contributed by atoms with Crippen LogP contribution < -0.4 is 9.64 Å². The summed E-state index contributed by atoms with van der Waals surface area (Å²) < 4.78 is 10.2.